The van der Waals surface area contributed by atoms with Crippen LogP contribution >= 0.6 is 0 Å². The van der Waals surface area contributed by atoms with Crippen molar-refractivity contribution < 1.29 is 13.2 Å². The first-order valence-electron chi connectivity index (χ1n) is 6.97. The Morgan fingerprint density at radius 2 is 1.95 bits per heavy atom. The molecule has 0 spiro atoms. The molecular weight excluding hydrogens is 290 g/mol. The summed E-state index contributed by atoms with van der Waals surface area (Å²) in [4.78, 5) is 11.6. The van der Waals surface area contributed by atoms with Crippen molar-refractivity contribution in [2.24, 2.45) is 5.92 Å². The summed E-state index contributed by atoms with van der Waals surface area (Å²) in [7, 11) is -1.79. The van der Waals surface area contributed by atoms with Crippen LogP contribution in [0.5, 0.6) is 0 Å². The minimum Gasteiger partial charge on any atom is -0.398 e. The highest BCUT2D eigenvalue weighted by Gasteiger charge is 2.30. The monoisotopic (exact) mass is 311 g/mol. The average Bonchev–Trinajstić information content (AvgIpc) is 2.49. The van der Waals surface area contributed by atoms with E-state index in [-0.39, 0.29) is 17.6 Å². The topological polar surface area (TPSA) is 92.5 Å². The van der Waals surface area contributed by atoms with Crippen molar-refractivity contribution in [2.75, 3.05) is 25.9 Å². The predicted octanol–water partition coefficient (Wildman–Crippen LogP) is 0.557. The van der Waals surface area contributed by atoms with Gasteiger partial charge in [0.25, 0.3) is 0 Å². The fraction of sp³-hybridized carbons (Fsp3) is 0.500. The van der Waals surface area contributed by atoms with Crippen molar-refractivity contribution in [1.29, 1.82) is 0 Å². The summed E-state index contributed by atoms with van der Waals surface area (Å²) < 4.78 is 26.3. The van der Waals surface area contributed by atoms with Crippen molar-refractivity contribution in [3.63, 3.8) is 0 Å². The maximum absolute atomic E-state index is 12.4. The van der Waals surface area contributed by atoms with Gasteiger partial charge in [0.1, 0.15) is 0 Å². The molecule has 1 aliphatic heterocycles. The van der Waals surface area contributed by atoms with Crippen LogP contribution in [0.15, 0.2) is 24.3 Å². The van der Waals surface area contributed by atoms with Crippen molar-refractivity contribution >= 4 is 21.6 Å². The number of hydrogen-bond donors (Lipinski definition) is 2. The number of hydrogen-bond acceptors (Lipinski definition) is 4. The third-order valence-electron chi connectivity index (χ3n) is 3.86. The molecule has 1 fully saturated rings. The van der Waals surface area contributed by atoms with Crippen LogP contribution in [0.1, 0.15) is 18.4 Å². The van der Waals surface area contributed by atoms with Crippen LogP contribution in [0.4, 0.5) is 5.69 Å². The second-order valence-electron chi connectivity index (χ2n) is 5.24. The summed E-state index contributed by atoms with van der Waals surface area (Å²) in [5.41, 5.74) is 6.91. The van der Waals surface area contributed by atoms with Crippen LogP contribution in [0.2, 0.25) is 0 Å². The molecule has 3 N–H and O–H groups in total. The van der Waals surface area contributed by atoms with Crippen LogP contribution in [-0.2, 0) is 20.6 Å². The zero-order valence-electron chi connectivity index (χ0n) is 12.1. The van der Waals surface area contributed by atoms with E-state index in [2.05, 4.69) is 5.32 Å². The Kier molecular flexibility index (Phi) is 4.84. The molecule has 0 atom stereocenters. The van der Waals surface area contributed by atoms with Gasteiger partial charge in [-0.2, -0.15) is 0 Å². The summed E-state index contributed by atoms with van der Waals surface area (Å²) in [6, 6.07) is 6.98. The first-order chi connectivity index (χ1) is 9.94. The Bertz CT molecular complexity index is 608. The van der Waals surface area contributed by atoms with Crippen LogP contribution in [0, 0.1) is 5.92 Å². The van der Waals surface area contributed by atoms with Gasteiger partial charge >= 0.3 is 0 Å². The van der Waals surface area contributed by atoms with Crippen molar-refractivity contribution in [3.05, 3.63) is 29.8 Å². The van der Waals surface area contributed by atoms with Gasteiger partial charge in [0, 0.05) is 31.7 Å². The van der Waals surface area contributed by atoms with E-state index in [9.17, 15) is 13.2 Å². The Morgan fingerprint density at radius 3 is 2.52 bits per heavy atom. The maximum atomic E-state index is 12.4. The van der Waals surface area contributed by atoms with Crippen molar-refractivity contribution in [3.8, 4) is 0 Å². The third kappa shape index (κ3) is 3.74. The summed E-state index contributed by atoms with van der Waals surface area (Å²) in [6.45, 7) is 0.764. The normalized spacial score (nSPS) is 17.6. The summed E-state index contributed by atoms with van der Waals surface area (Å²) in [5, 5.41) is 2.61. The fourth-order valence-corrected chi connectivity index (χ4v) is 4.16. The number of piperidine rings is 1. The molecule has 1 aromatic carbocycles. The van der Waals surface area contributed by atoms with Crippen molar-refractivity contribution in [1.82, 2.24) is 9.62 Å². The highest BCUT2D eigenvalue weighted by molar-refractivity contribution is 7.88. The Hall–Kier alpha value is -1.60. The number of sulfonamides is 1. The molecule has 0 saturated carbocycles. The molecule has 0 bridgehead atoms. The smallest absolute Gasteiger partial charge is 0.222 e. The average molecular weight is 311 g/mol. The fourth-order valence-electron chi connectivity index (χ4n) is 2.55. The first-order valence-corrected chi connectivity index (χ1v) is 8.58. The Balaban J connectivity index is 2.02. The molecule has 1 amide bonds. The lowest BCUT2D eigenvalue weighted by atomic mass is 9.97. The quantitative estimate of drug-likeness (QED) is 0.795. The number of amides is 1. The van der Waals surface area contributed by atoms with Crippen LogP contribution in [0.3, 0.4) is 0 Å². The van der Waals surface area contributed by atoms with E-state index in [0.29, 0.717) is 37.2 Å². The van der Waals surface area contributed by atoms with E-state index >= 15 is 0 Å². The van der Waals surface area contributed by atoms with Gasteiger partial charge in [0.05, 0.1) is 5.75 Å². The largest absolute Gasteiger partial charge is 0.398 e. The molecule has 7 heteroatoms. The highest BCUT2D eigenvalue weighted by Crippen LogP contribution is 2.23. The van der Waals surface area contributed by atoms with E-state index in [0.717, 1.165) is 0 Å². The standard InChI is InChI=1S/C14H21N3O3S/c1-16-14(18)11-6-8-17(9-7-11)21(19,20)10-12-4-2-3-5-13(12)15/h2-5,11H,6-10,15H2,1H3,(H,16,18). The molecule has 0 aromatic heterocycles. The van der Waals surface area contributed by atoms with Crippen LogP contribution in [-0.4, -0.2) is 38.8 Å². The number of carbonyl (C=O) groups is 1. The molecule has 1 saturated heterocycles. The van der Waals surface area contributed by atoms with Gasteiger partial charge in [0.2, 0.25) is 15.9 Å². The van der Waals surface area contributed by atoms with E-state index < -0.39 is 10.0 Å². The minimum atomic E-state index is -3.39. The molecule has 2 rings (SSSR count). The lowest BCUT2D eigenvalue weighted by Crippen LogP contribution is -2.42. The Morgan fingerprint density at radius 1 is 1.33 bits per heavy atom. The van der Waals surface area contributed by atoms with E-state index in [1.54, 1.807) is 31.3 Å². The maximum Gasteiger partial charge on any atom is 0.222 e. The number of rotatable bonds is 4. The second kappa shape index (κ2) is 6.44. The first kappa shape index (κ1) is 15.8. The van der Waals surface area contributed by atoms with Gasteiger partial charge < -0.3 is 11.1 Å². The summed E-state index contributed by atoms with van der Waals surface area (Å²) in [6.07, 6.45) is 1.12. The number of carbonyl (C=O) groups excluding carboxylic acids is 1. The molecule has 0 radical (unpaired) electrons. The number of para-hydroxylation sites is 1. The number of nitrogens with zero attached hydrogens (tertiary/aromatic N) is 1. The van der Waals surface area contributed by atoms with Gasteiger partial charge in [-0.25, -0.2) is 12.7 Å². The number of nitrogens with two attached hydrogens (primary N) is 1. The molecule has 0 unspecified atom stereocenters. The molecule has 1 aliphatic rings. The van der Waals surface area contributed by atoms with E-state index in [4.69, 9.17) is 5.73 Å². The third-order valence-corrected chi connectivity index (χ3v) is 5.69. The van der Waals surface area contributed by atoms with Gasteiger partial charge in [-0.15, -0.1) is 0 Å². The molecule has 1 heterocycles. The van der Waals surface area contributed by atoms with Gasteiger partial charge in [0.15, 0.2) is 0 Å². The number of nitrogens with one attached hydrogen (secondary N) is 1. The van der Waals surface area contributed by atoms with Gasteiger partial charge in [-0.1, -0.05) is 18.2 Å². The minimum absolute atomic E-state index is 0.0145. The highest BCUT2D eigenvalue weighted by atomic mass is 32.2. The molecule has 0 aliphatic carbocycles. The molecular formula is C14H21N3O3S. The zero-order valence-corrected chi connectivity index (χ0v) is 12.9. The van der Waals surface area contributed by atoms with E-state index in [1.165, 1.54) is 4.31 Å². The number of nitrogen functional groups attached to an aromatic ring is 1. The zero-order chi connectivity index (χ0) is 15.5. The predicted molar refractivity (Wildman–Crippen MR) is 81.8 cm³/mol. The molecule has 1 aromatic rings. The molecule has 116 valence electrons. The molecule has 6 nitrogen and oxygen atoms in total. The number of anilines is 1. The SMILES string of the molecule is CNC(=O)C1CCN(S(=O)(=O)Cc2ccccc2N)CC1. The van der Waals surface area contributed by atoms with Crippen LogP contribution < -0.4 is 11.1 Å². The van der Waals surface area contributed by atoms with Gasteiger partial charge in [-0.05, 0) is 24.5 Å². The lowest BCUT2D eigenvalue weighted by molar-refractivity contribution is -0.125. The number of benzene rings is 1. The molecule has 21 heavy (non-hydrogen) atoms. The van der Waals surface area contributed by atoms with Crippen LogP contribution in [0.25, 0.3) is 0 Å². The van der Waals surface area contributed by atoms with Crippen molar-refractivity contribution in [2.45, 2.75) is 18.6 Å². The van der Waals surface area contributed by atoms with Gasteiger partial charge in [-0.3, -0.25) is 4.79 Å². The summed E-state index contributed by atoms with van der Waals surface area (Å²) >= 11 is 0. The lowest BCUT2D eigenvalue weighted by Gasteiger charge is -2.30. The summed E-state index contributed by atoms with van der Waals surface area (Å²) in [5.74, 6) is -0.202. The Labute approximate surface area is 125 Å². The second-order valence-corrected chi connectivity index (χ2v) is 7.21. The van der Waals surface area contributed by atoms with E-state index in [1.807, 2.05) is 0 Å².